The van der Waals surface area contributed by atoms with Gasteiger partial charge >= 0.3 is 36.6 Å². The van der Waals surface area contributed by atoms with E-state index in [4.69, 9.17) is 65.8 Å². The minimum Gasteiger partial charge on any atom is -0.478 e. The number of anilines is 6. The lowest BCUT2D eigenvalue weighted by atomic mass is 10.1. The number of amides is 2. The third-order valence-corrected chi connectivity index (χ3v) is 21.3. The molecule has 2 amide bonds. The van der Waals surface area contributed by atoms with Gasteiger partial charge < -0.3 is 65.5 Å². The lowest BCUT2D eigenvalue weighted by molar-refractivity contribution is -0.141. The van der Waals surface area contributed by atoms with Crippen LogP contribution in [-0.2, 0) is 113 Å². The molecule has 4 aliphatic rings. The maximum atomic E-state index is 14.4. The molecule has 11 rings (SSSR count). The molecule has 4 saturated heterocycles. The minimum atomic E-state index is -4.63. The van der Waals surface area contributed by atoms with Crippen LogP contribution in [0.15, 0.2) is 115 Å². The quantitative estimate of drug-likeness (QED) is 0.0105. The van der Waals surface area contributed by atoms with Crippen LogP contribution in [0.25, 0.3) is 24.3 Å². The van der Waals surface area contributed by atoms with Gasteiger partial charge in [0.15, 0.2) is 0 Å². The predicted octanol–water partition coefficient (Wildman–Crippen LogP) is 13.2. The average molecular weight is 2030 g/mol. The normalized spacial score (nSPS) is 16.2. The summed E-state index contributed by atoms with van der Waals surface area (Å²) in [5, 5.41) is 24.9. The second-order valence-electron chi connectivity index (χ2n) is 29.4. The van der Waals surface area contributed by atoms with E-state index in [2.05, 4.69) is 48.7 Å². The summed E-state index contributed by atoms with van der Waals surface area (Å²) in [6.07, 6.45) is 12.5. The number of ether oxygens (including phenoxy) is 4. The third kappa shape index (κ3) is 37.1. The number of benzene rings is 4. The number of carboxylic acids is 2. The van der Waals surface area contributed by atoms with Gasteiger partial charge in [-0.05, 0) is 164 Å². The van der Waals surface area contributed by atoms with Crippen molar-refractivity contribution in [1.82, 2.24) is 30.9 Å². The molecule has 29 nitrogen and oxygen atoms in total. The second-order valence-corrected chi connectivity index (χ2v) is 35.0. The van der Waals surface area contributed by atoms with Crippen LogP contribution in [0.3, 0.4) is 0 Å². The number of terminal acetylenes is 3. The predicted molar refractivity (Wildman–Crippen MR) is 484 cm³/mol. The third-order valence-electron chi connectivity index (χ3n) is 19.2. The number of nitrogens with zero attached hydrogens (tertiary/aromatic N) is 6. The molecule has 7 heterocycles. The maximum Gasteiger partial charge on any atom is 0.433 e. The fraction of sp³-hybridized carbons (Fsp3) is 0.345. The highest BCUT2D eigenvalue weighted by molar-refractivity contribution is 7.92. The van der Waals surface area contributed by atoms with Crippen molar-refractivity contribution in [3.63, 3.8) is 0 Å². The summed E-state index contributed by atoms with van der Waals surface area (Å²) in [5.74, 6) is 0.651. The molecule has 4 aliphatic heterocycles. The number of halogens is 17. The minimum absolute atomic E-state index is 0. The van der Waals surface area contributed by atoms with Gasteiger partial charge in [0.1, 0.15) is 51.3 Å². The van der Waals surface area contributed by atoms with Gasteiger partial charge in [0.05, 0.1) is 82.5 Å². The number of nitrogens with two attached hydrogens (primary N) is 1. The fourth-order valence-electron chi connectivity index (χ4n) is 12.7. The Morgan fingerprint density at radius 1 is 0.485 bits per heavy atom. The van der Waals surface area contributed by atoms with Crippen molar-refractivity contribution in [3.8, 4) is 37.0 Å². The van der Waals surface area contributed by atoms with Gasteiger partial charge in [-0.15, -0.1) is 31.7 Å². The molecule has 136 heavy (non-hydrogen) atoms. The second kappa shape index (κ2) is 51.1. The van der Waals surface area contributed by atoms with Crippen LogP contribution in [0, 0.1) is 54.5 Å². The molecule has 4 aromatic carbocycles. The zero-order valence-corrected chi connectivity index (χ0v) is 77.0. The van der Waals surface area contributed by atoms with Gasteiger partial charge in [0.25, 0.3) is 0 Å². The number of aliphatic carboxylic acids is 2. The lowest BCUT2D eigenvalue weighted by Crippen LogP contribution is -2.25. The highest BCUT2D eigenvalue weighted by Crippen LogP contribution is 2.39. The molecule has 4 fully saturated rings. The molecule has 0 radical (unpaired) electrons. The van der Waals surface area contributed by atoms with Crippen molar-refractivity contribution in [3.05, 3.63) is 216 Å². The highest BCUT2D eigenvalue weighted by Gasteiger charge is 2.38. The maximum absolute atomic E-state index is 14.4. The Balaban J connectivity index is 0.000000306. The topological polar surface area (TPSA) is 395 Å². The molecule has 0 saturated carbocycles. The molecule has 4 atom stereocenters. The number of hydrogen-bond donors (Lipinski definition) is 9. The number of sulfonamides is 3. The summed E-state index contributed by atoms with van der Waals surface area (Å²) in [5.41, 5.74) is 2.98. The van der Waals surface area contributed by atoms with Gasteiger partial charge in [-0.3, -0.25) is 23.8 Å². The average Bonchev–Trinajstić information content (AvgIpc) is 1.24. The number of nitrogens with one attached hydrogen (secondary N) is 6. The number of methoxy groups -OCH3 is 4. The van der Waals surface area contributed by atoms with Crippen molar-refractivity contribution in [2.45, 2.75) is 94.4 Å². The zero-order valence-electron chi connectivity index (χ0n) is 73.0. The summed E-state index contributed by atoms with van der Waals surface area (Å²) < 4.78 is 292. The van der Waals surface area contributed by atoms with E-state index in [1.165, 1.54) is 68.2 Å². The fourth-order valence-corrected chi connectivity index (χ4v) is 14.7. The number of rotatable bonds is 26. The van der Waals surface area contributed by atoms with Crippen molar-refractivity contribution in [1.29, 1.82) is 0 Å². The Kier molecular flexibility index (Phi) is 42.9. The molecule has 738 valence electrons. The first-order valence-electron chi connectivity index (χ1n) is 39.5. The van der Waals surface area contributed by atoms with Crippen LogP contribution >= 0.6 is 24.0 Å². The summed E-state index contributed by atoms with van der Waals surface area (Å²) >= 11 is 5.46. The molecule has 10 N–H and O–H groups in total. The number of alkyl halides is 12. The van der Waals surface area contributed by atoms with Crippen molar-refractivity contribution < 1.29 is 139 Å². The van der Waals surface area contributed by atoms with Crippen molar-refractivity contribution in [2.75, 3.05) is 128 Å². The van der Waals surface area contributed by atoms with E-state index >= 15 is 0 Å². The number of carboxylic acid groups (broad SMARTS) is 2. The first-order valence-corrected chi connectivity index (χ1v) is 45.5. The van der Waals surface area contributed by atoms with Crippen LogP contribution in [0.5, 0.6) is 0 Å². The Labute approximate surface area is 784 Å². The van der Waals surface area contributed by atoms with E-state index in [0.717, 1.165) is 117 Å². The largest absolute Gasteiger partial charge is 0.478 e. The van der Waals surface area contributed by atoms with E-state index in [-0.39, 0.29) is 112 Å². The zero-order chi connectivity index (χ0) is 101. The van der Waals surface area contributed by atoms with Gasteiger partial charge in [-0.1, -0.05) is 35.4 Å². The summed E-state index contributed by atoms with van der Waals surface area (Å²) in [6.45, 7) is 4.64. The molecule has 4 unspecified atom stereocenters. The number of carbonyl (C=O) groups is 4. The van der Waals surface area contributed by atoms with Crippen LogP contribution < -0.4 is 50.6 Å². The molecule has 7 aromatic rings. The number of pyridine rings is 3. The van der Waals surface area contributed by atoms with E-state index in [9.17, 15) is 110 Å². The van der Waals surface area contributed by atoms with E-state index in [0.29, 0.717) is 92.6 Å². The van der Waals surface area contributed by atoms with Crippen molar-refractivity contribution in [2.24, 2.45) is 5.73 Å². The van der Waals surface area contributed by atoms with Crippen LogP contribution in [0.2, 0.25) is 5.15 Å². The smallest absolute Gasteiger partial charge is 0.433 e. The number of hydrogen-bond acceptors (Lipinski definition) is 22. The molecule has 0 aliphatic carbocycles. The summed E-state index contributed by atoms with van der Waals surface area (Å²) in [4.78, 5) is 61.3. The van der Waals surface area contributed by atoms with Gasteiger partial charge in [-0.2, -0.15) is 52.7 Å². The van der Waals surface area contributed by atoms with E-state index < -0.39 is 124 Å². The van der Waals surface area contributed by atoms with Gasteiger partial charge in [0.2, 0.25) is 41.9 Å². The van der Waals surface area contributed by atoms with Gasteiger partial charge in [-0.25, -0.2) is 63.0 Å². The first-order chi connectivity index (χ1) is 63.0. The van der Waals surface area contributed by atoms with Crippen molar-refractivity contribution >= 4 is 137 Å². The molecule has 49 heteroatoms. The van der Waals surface area contributed by atoms with E-state index in [1.807, 2.05) is 14.2 Å². The molecule has 3 aromatic heterocycles. The molecule has 0 bridgehead atoms. The number of carbonyl (C=O) groups excluding carboxylic acids is 2. The van der Waals surface area contributed by atoms with Gasteiger partial charge in [0, 0.05) is 141 Å². The Bertz CT molecular complexity index is 5810. The monoisotopic (exact) mass is 2030 g/mol. The summed E-state index contributed by atoms with van der Waals surface area (Å²) in [7, 11) is -4.74. The molecular weight excluding hydrogens is 1940 g/mol. The first kappa shape index (κ1) is 114. The van der Waals surface area contributed by atoms with E-state index in [1.54, 1.807) is 36.0 Å². The standard InChI is InChI=1S/C25H25F4N3O4S.C24H24F4N4O4S.C14H15F3N2O3.C10H11FN2O2S.C9H5ClF3NO2.C5H11NO.ClH/c1-4-17-11-16(12-21(26)24(17)31-37(3,34)35)14-30-23(33)8-6-18-5-7-19(25(27,28)29)13-22(18)32-10-9-20(15-32)36-2;1-4-16-11-15(12-19(25)22(16)31-37(3,34)35)13-29-21(33)8-6-17-5-7-20(24(26,27)28)30-23(17)32-10-9-18(14-32)36-2;1-22-10-6-7-19(8-10)13-9(3-5-12(20)21)2-4-11(18-13)14(15,16)17;1-3-8-4-7(6-12)5-9(11)10(8)13-16(2,14)15;10-8-5(2-4-7(15)16)1-3-6(14-8)9(11,12)13;1-7-5-2-3-6-4-5;/h1,5-8,11-13,20,31H,9-10,14-15H2,2-3H3,(H,30,33);1,5-8,11-12,18,31H,9-10,13-14H2,2-3H3,(H,29,33);2-5,10H,6-8H2,1H3,(H,20,21);1,4-5,13H,6,12H2,2H3;1-4H,(H,15,16);5-6H,2-4H2,1H3;1H/b2*8-6+;5-3+;;4-2+;;. The Morgan fingerprint density at radius 2 is 0.824 bits per heavy atom. The lowest BCUT2D eigenvalue weighted by Gasteiger charge is -2.22. The van der Waals surface area contributed by atoms with Crippen LogP contribution in [0.1, 0.15) is 104 Å². The highest BCUT2D eigenvalue weighted by atomic mass is 35.5. The number of aromatic nitrogens is 3. The Hall–Kier alpha value is -12.2. The van der Waals surface area contributed by atoms with Crippen LogP contribution in [0.4, 0.5) is 100 Å². The summed E-state index contributed by atoms with van der Waals surface area (Å²) in [6, 6.07) is 16.6. The Morgan fingerprint density at radius 3 is 1.15 bits per heavy atom. The molecule has 0 spiro atoms. The molecular formula is C87H92Cl2F15N13O16S3. The SMILES string of the molecule is C#Cc1cc(CN)cc(F)c1NS(C)(=O)=O.C#Cc1cc(CNC(=O)/C=C/c2ccc(C(F)(F)F)cc2N2CCC(OC)C2)cc(F)c1NS(C)(=O)=O.C#Cc1cc(CNC(=O)/C=C/c2ccc(C(F)(F)F)nc2N2CCC(OC)C2)cc(F)c1NS(C)(=O)=O.COC1CCN(c2nc(C(F)(F)F)ccc2/C=C/C(=O)O)C1.COC1CCNC1.Cl.O=C(O)/C=C/c1ccc(C(F)(F)F)nc1Cl. The van der Waals surface area contributed by atoms with Crippen LogP contribution in [-0.4, -0.2) is 198 Å².